The Labute approximate surface area is 127 Å². The van der Waals surface area contributed by atoms with E-state index in [0.717, 1.165) is 37.8 Å². The van der Waals surface area contributed by atoms with Crippen molar-refractivity contribution in [1.29, 1.82) is 0 Å². The van der Waals surface area contributed by atoms with Gasteiger partial charge in [-0.1, -0.05) is 23.7 Å². The van der Waals surface area contributed by atoms with Gasteiger partial charge in [0.2, 0.25) is 0 Å². The standard InChI is InChI=1S/C16H25ClN2O/c1-13(12-20-3)18-7-9-19(10-8-18)14(2)15-5-4-6-16(17)11-15/h4-6,11,13-14H,7-10,12H2,1-3H3/t13-,14+/m0/s1. The molecule has 0 bridgehead atoms. The molecule has 1 fully saturated rings. The van der Waals surface area contributed by atoms with Crippen molar-refractivity contribution in [3.8, 4) is 0 Å². The van der Waals surface area contributed by atoms with Gasteiger partial charge in [0.05, 0.1) is 6.61 Å². The summed E-state index contributed by atoms with van der Waals surface area (Å²) in [6.45, 7) is 9.72. The van der Waals surface area contributed by atoms with Crippen LogP contribution < -0.4 is 0 Å². The molecule has 0 saturated carbocycles. The molecule has 2 atom stereocenters. The molecule has 1 heterocycles. The molecule has 1 aliphatic rings. The fourth-order valence-corrected chi connectivity index (χ4v) is 3.09. The first kappa shape index (κ1) is 15.8. The average molecular weight is 297 g/mol. The first-order chi connectivity index (χ1) is 9.61. The summed E-state index contributed by atoms with van der Waals surface area (Å²) in [5.41, 5.74) is 1.30. The molecule has 0 amide bonds. The number of halogens is 1. The van der Waals surface area contributed by atoms with Gasteiger partial charge >= 0.3 is 0 Å². The summed E-state index contributed by atoms with van der Waals surface area (Å²) in [7, 11) is 1.77. The Kier molecular flexibility index (Phi) is 5.85. The van der Waals surface area contributed by atoms with Crippen LogP contribution in [0.1, 0.15) is 25.5 Å². The van der Waals surface area contributed by atoms with E-state index in [4.69, 9.17) is 16.3 Å². The predicted molar refractivity (Wildman–Crippen MR) is 84.4 cm³/mol. The molecular weight excluding hydrogens is 272 g/mol. The highest BCUT2D eigenvalue weighted by atomic mass is 35.5. The van der Waals surface area contributed by atoms with E-state index in [1.165, 1.54) is 5.56 Å². The minimum atomic E-state index is 0.425. The van der Waals surface area contributed by atoms with Crippen LogP contribution in [0.2, 0.25) is 5.02 Å². The first-order valence-electron chi connectivity index (χ1n) is 7.34. The maximum atomic E-state index is 6.09. The molecular formula is C16H25ClN2O. The van der Waals surface area contributed by atoms with Gasteiger partial charge in [-0.3, -0.25) is 9.80 Å². The topological polar surface area (TPSA) is 15.7 Å². The van der Waals surface area contributed by atoms with Crippen LogP contribution in [0.15, 0.2) is 24.3 Å². The van der Waals surface area contributed by atoms with Crippen molar-refractivity contribution in [3.63, 3.8) is 0 Å². The van der Waals surface area contributed by atoms with E-state index in [2.05, 4.69) is 35.8 Å². The molecule has 1 saturated heterocycles. The highest BCUT2D eigenvalue weighted by Gasteiger charge is 2.24. The second-order valence-corrected chi connectivity index (χ2v) is 6.04. The van der Waals surface area contributed by atoms with Gasteiger partial charge in [0.25, 0.3) is 0 Å². The first-order valence-corrected chi connectivity index (χ1v) is 7.72. The van der Waals surface area contributed by atoms with Crippen LogP contribution in [0.3, 0.4) is 0 Å². The van der Waals surface area contributed by atoms with Crippen LogP contribution in [0.5, 0.6) is 0 Å². The molecule has 1 aromatic carbocycles. The van der Waals surface area contributed by atoms with Gasteiger partial charge < -0.3 is 4.74 Å². The number of ether oxygens (including phenoxy) is 1. The molecule has 0 aliphatic carbocycles. The van der Waals surface area contributed by atoms with Crippen molar-refractivity contribution >= 4 is 11.6 Å². The van der Waals surface area contributed by atoms with Crippen molar-refractivity contribution < 1.29 is 4.74 Å². The van der Waals surface area contributed by atoms with Gasteiger partial charge in [-0.2, -0.15) is 0 Å². The quantitative estimate of drug-likeness (QED) is 0.830. The molecule has 112 valence electrons. The second-order valence-electron chi connectivity index (χ2n) is 5.61. The Morgan fingerprint density at radius 3 is 2.40 bits per heavy atom. The highest BCUT2D eigenvalue weighted by Crippen LogP contribution is 2.24. The molecule has 0 radical (unpaired) electrons. The van der Waals surface area contributed by atoms with Crippen molar-refractivity contribution in [2.45, 2.75) is 25.9 Å². The van der Waals surface area contributed by atoms with E-state index in [9.17, 15) is 0 Å². The van der Waals surface area contributed by atoms with Crippen LogP contribution in [0.4, 0.5) is 0 Å². The highest BCUT2D eigenvalue weighted by molar-refractivity contribution is 6.30. The lowest BCUT2D eigenvalue weighted by atomic mass is 10.1. The van der Waals surface area contributed by atoms with Crippen molar-refractivity contribution in [2.75, 3.05) is 39.9 Å². The summed E-state index contributed by atoms with van der Waals surface area (Å²) in [6.07, 6.45) is 0. The lowest BCUT2D eigenvalue weighted by Crippen LogP contribution is -2.51. The monoisotopic (exact) mass is 296 g/mol. The Morgan fingerprint density at radius 2 is 1.80 bits per heavy atom. The van der Waals surface area contributed by atoms with Crippen LogP contribution in [-0.4, -0.2) is 55.7 Å². The van der Waals surface area contributed by atoms with Crippen molar-refractivity contribution in [1.82, 2.24) is 9.80 Å². The Bertz CT molecular complexity index is 419. The van der Waals surface area contributed by atoms with E-state index >= 15 is 0 Å². The van der Waals surface area contributed by atoms with Crippen LogP contribution >= 0.6 is 11.6 Å². The van der Waals surface area contributed by atoms with E-state index in [1.54, 1.807) is 7.11 Å². The van der Waals surface area contributed by atoms with E-state index in [0.29, 0.717) is 12.1 Å². The van der Waals surface area contributed by atoms with E-state index < -0.39 is 0 Å². The smallest absolute Gasteiger partial charge is 0.0615 e. The predicted octanol–water partition coefficient (Wildman–Crippen LogP) is 3.05. The fraction of sp³-hybridized carbons (Fsp3) is 0.625. The Morgan fingerprint density at radius 1 is 1.15 bits per heavy atom. The third-order valence-corrected chi connectivity index (χ3v) is 4.49. The lowest BCUT2D eigenvalue weighted by Gasteiger charge is -2.40. The zero-order chi connectivity index (χ0) is 14.5. The summed E-state index contributed by atoms with van der Waals surface area (Å²) in [5, 5.41) is 0.821. The molecule has 1 aliphatic heterocycles. The Hall–Kier alpha value is -0.610. The summed E-state index contributed by atoms with van der Waals surface area (Å²) < 4.78 is 5.24. The maximum absolute atomic E-state index is 6.09. The van der Waals surface area contributed by atoms with E-state index in [-0.39, 0.29) is 0 Å². The maximum Gasteiger partial charge on any atom is 0.0615 e. The molecule has 4 heteroatoms. The molecule has 2 rings (SSSR count). The number of methoxy groups -OCH3 is 1. The molecule has 0 spiro atoms. The minimum absolute atomic E-state index is 0.425. The number of rotatable bonds is 5. The largest absolute Gasteiger partial charge is 0.383 e. The summed E-state index contributed by atoms with van der Waals surface area (Å²) in [6, 6.07) is 9.13. The minimum Gasteiger partial charge on any atom is -0.383 e. The molecule has 3 nitrogen and oxygen atoms in total. The van der Waals surface area contributed by atoms with Crippen LogP contribution in [-0.2, 0) is 4.74 Å². The van der Waals surface area contributed by atoms with Crippen molar-refractivity contribution in [2.24, 2.45) is 0 Å². The SMILES string of the molecule is COC[C@H](C)N1CCN([C@H](C)c2cccc(Cl)c2)CC1. The summed E-state index contributed by atoms with van der Waals surface area (Å²) in [5.74, 6) is 0. The lowest BCUT2D eigenvalue weighted by molar-refractivity contribution is 0.0446. The number of piperazine rings is 1. The molecule has 0 unspecified atom stereocenters. The zero-order valence-electron chi connectivity index (χ0n) is 12.7. The number of benzene rings is 1. The Balaban J connectivity index is 1.90. The fourth-order valence-electron chi connectivity index (χ4n) is 2.89. The normalized spacial score (nSPS) is 20.8. The third-order valence-electron chi connectivity index (χ3n) is 4.26. The molecule has 20 heavy (non-hydrogen) atoms. The molecule has 0 aromatic heterocycles. The number of hydrogen-bond acceptors (Lipinski definition) is 3. The molecule has 1 aromatic rings. The van der Waals surface area contributed by atoms with E-state index in [1.807, 2.05) is 12.1 Å². The van der Waals surface area contributed by atoms with Gasteiger partial charge in [-0.05, 0) is 31.5 Å². The average Bonchev–Trinajstić information content (AvgIpc) is 2.47. The second kappa shape index (κ2) is 7.41. The molecule has 0 N–H and O–H groups in total. The van der Waals surface area contributed by atoms with Gasteiger partial charge in [0.1, 0.15) is 0 Å². The number of hydrogen-bond donors (Lipinski definition) is 0. The van der Waals surface area contributed by atoms with Gasteiger partial charge in [0.15, 0.2) is 0 Å². The zero-order valence-corrected chi connectivity index (χ0v) is 13.4. The van der Waals surface area contributed by atoms with Gasteiger partial charge in [-0.25, -0.2) is 0 Å². The third kappa shape index (κ3) is 3.95. The van der Waals surface area contributed by atoms with Crippen LogP contribution in [0.25, 0.3) is 0 Å². The summed E-state index contributed by atoms with van der Waals surface area (Å²) >= 11 is 6.09. The number of nitrogens with zero attached hydrogens (tertiary/aromatic N) is 2. The van der Waals surface area contributed by atoms with Gasteiger partial charge in [-0.15, -0.1) is 0 Å². The summed E-state index contributed by atoms with van der Waals surface area (Å²) in [4.78, 5) is 5.03. The van der Waals surface area contributed by atoms with Gasteiger partial charge in [0, 0.05) is 50.4 Å². The van der Waals surface area contributed by atoms with Crippen LogP contribution in [0, 0.1) is 0 Å². The van der Waals surface area contributed by atoms with Crippen molar-refractivity contribution in [3.05, 3.63) is 34.9 Å².